The lowest BCUT2D eigenvalue weighted by Gasteiger charge is -2.27. The molecule has 3 aromatic carbocycles. The number of hydrogen-bond acceptors (Lipinski definition) is 5. The number of carbonyl (C=O) groups is 4. The number of halogens is 2. The van der Waals surface area contributed by atoms with E-state index >= 15 is 0 Å². The van der Waals surface area contributed by atoms with Gasteiger partial charge < -0.3 is 10.1 Å². The van der Waals surface area contributed by atoms with Gasteiger partial charge in [0.25, 0.3) is 17.7 Å². The maximum absolute atomic E-state index is 13.2. The number of imide groups is 2. The number of para-hydroxylation sites is 2. The van der Waals surface area contributed by atoms with Gasteiger partial charge in [-0.05, 0) is 48.9 Å². The smallest absolute Gasteiger partial charge is 0.335 e. The van der Waals surface area contributed by atoms with E-state index in [-0.39, 0.29) is 23.6 Å². The number of anilines is 2. The second kappa shape index (κ2) is 10.6. The standard InChI is InChI=1S/C26H19Cl2N3O5/c1-15-10-11-17(27)13-21(15)31-25(34)18(24(33)30-26(31)35)12-16-6-2-5-9-22(16)36-14-23(32)29-20-8-4-3-7-19(20)28/h2-13H,14H2,1H3,(H,29,32)(H,30,33,35)/b18-12+. The van der Waals surface area contributed by atoms with E-state index in [1.165, 1.54) is 12.1 Å². The van der Waals surface area contributed by atoms with Gasteiger partial charge in [-0.3, -0.25) is 19.7 Å². The van der Waals surface area contributed by atoms with E-state index in [0.29, 0.717) is 26.9 Å². The first-order valence-corrected chi connectivity index (χ1v) is 11.4. The number of aryl methyl sites for hydroxylation is 1. The fourth-order valence-electron chi connectivity index (χ4n) is 3.48. The average molecular weight is 524 g/mol. The van der Waals surface area contributed by atoms with Crippen LogP contribution in [0.25, 0.3) is 6.08 Å². The molecule has 1 saturated heterocycles. The first kappa shape index (κ1) is 25.0. The number of ether oxygens (including phenoxy) is 1. The fraction of sp³-hybridized carbons (Fsp3) is 0.0769. The fourth-order valence-corrected chi connectivity index (χ4v) is 3.83. The summed E-state index contributed by atoms with van der Waals surface area (Å²) in [5.41, 5.74) is 1.38. The number of hydrogen-bond donors (Lipinski definition) is 2. The molecule has 1 heterocycles. The van der Waals surface area contributed by atoms with Gasteiger partial charge >= 0.3 is 6.03 Å². The van der Waals surface area contributed by atoms with Gasteiger partial charge in [-0.1, -0.05) is 59.6 Å². The van der Waals surface area contributed by atoms with Gasteiger partial charge in [0.2, 0.25) is 0 Å². The number of rotatable bonds is 6. The van der Waals surface area contributed by atoms with E-state index in [1.807, 2.05) is 0 Å². The van der Waals surface area contributed by atoms with Crippen LogP contribution >= 0.6 is 23.2 Å². The number of carbonyl (C=O) groups excluding carboxylic acids is 4. The third-order valence-corrected chi connectivity index (χ3v) is 5.80. The van der Waals surface area contributed by atoms with E-state index in [2.05, 4.69) is 10.6 Å². The Morgan fingerprint density at radius 1 is 1.03 bits per heavy atom. The van der Waals surface area contributed by atoms with Crippen molar-refractivity contribution in [3.63, 3.8) is 0 Å². The van der Waals surface area contributed by atoms with Crippen molar-refractivity contribution >= 4 is 64.4 Å². The number of nitrogens with zero attached hydrogens (tertiary/aromatic N) is 1. The molecule has 4 rings (SSSR count). The van der Waals surface area contributed by atoms with Crippen LogP contribution in [0.4, 0.5) is 16.2 Å². The molecule has 182 valence electrons. The molecule has 0 aliphatic carbocycles. The zero-order valence-electron chi connectivity index (χ0n) is 18.9. The lowest BCUT2D eigenvalue weighted by atomic mass is 10.1. The summed E-state index contributed by atoms with van der Waals surface area (Å²) < 4.78 is 5.65. The summed E-state index contributed by atoms with van der Waals surface area (Å²) in [4.78, 5) is 51.5. The van der Waals surface area contributed by atoms with E-state index < -0.39 is 23.8 Å². The minimum atomic E-state index is -0.881. The largest absolute Gasteiger partial charge is 0.483 e. The van der Waals surface area contributed by atoms with Gasteiger partial charge in [0.1, 0.15) is 11.3 Å². The van der Waals surface area contributed by atoms with Crippen molar-refractivity contribution in [2.75, 3.05) is 16.8 Å². The van der Waals surface area contributed by atoms with Crippen LogP contribution < -0.4 is 20.3 Å². The molecule has 0 bridgehead atoms. The van der Waals surface area contributed by atoms with E-state index in [9.17, 15) is 19.2 Å². The molecule has 1 aliphatic rings. The van der Waals surface area contributed by atoms with Crippen molar-refractivity contribution in [3.8, 4) is 5.75 Å². The van der Waals surface area contributed by atoms with Gasteiger partial charge in [0, 0.05) is 10.6 Å². The van der Waals surface area contributed by atoms with Crippen LogP contribution in [0.2, 0.25) is 10.0 Å². The zero-order chi connectivity index (χ0) is 25.8. The van der Waals surface area contributed by atoms with Gasteiger partial charge in [-0.25, -0.2) is 9.69 Å². The average Bonchev–Trinajstić information content (AvgIpc) is 2.84. The summed E-state index contributed by atoms with van der Waals surface area (Å²) in [5, 5.41) is 5.53. The summed E-state index contributed by atoms with van der Waals surface area (Å²) >= 11 is 12.1. The van der Waals surface area contributed by atoms with Crippen LogP contribution in [-0.4, -0.2) is 30.4 Å². The van der Waals surface area contributed by atoms with Crippen LogP contribution in [0.5, 0.6) is 5.75 Å². The molecule has 5 amide bonds. The molecule has 1 fully saturated rings. The van der Waals surface area contributed by atoms with Gasteiger partial charge in [-0.2, -0.15) is 0 Å². The van der Waals surface area contributed by atoms with E-state index in [1.54, 1.807) is 67.6 Å². The Morgan fingerprint density at radius 2 is 1.75 bits per heavy atom. The number of benzene rings is 3. The maximum atomic E-state index is 13.2. The van der Waals surface area contributed by atoms with Gasteiger partial charge in [-0.15, -0.1) is 0 Å². The predicted octanol–water partition coefficient (Wildman–Crippen LogP) is 4.99. The van der Waals surface area contributed by atoms with Crippen LogP contribution in [-0.2, 0) is 14.4 Å². The minimum Gasteiger partial charge on any atom is -0.483 e. The Hall–Kier alpha value is -4.14. The lowest BCUT2D eigenvalue weighted by molar-refractivity contribution is -0.122. The molecule has 36 heavy (non-hydrogen) atoms. The molecule has 0 saturated carbocycles. The third kappa shape index (κ3) is 5.40. The molecule has 3 aromatic rings. The number of amides is 5. The van der Waals surface area contributed by atoms with Crippen LogP contribution in [0.3, 0.4) is 0 Å². The first-order valence-electron chi connectivity index (χ1n) is 10.7. The minimum absolute atomic E-state index is 0.252. The molecule has 1 aliphatic heterocycles. The normalized spacial score (nSPS) is 14.6. The van der Waals surface area contributed by atoms with Crippen molar-refractivity contribution < 1.29 is 23.9 Å². The second-order valence-electron chi connectivity index (χ2n) is 7.74. The summed E-state index contributed by atoms with van der Waals surface area (Å²) in [6, 6.07) is 17.2. The Morgan fingerprint density at radius 3 is 2.53 bits per heavy atom. The van der Waals surface area contributed by atoms with Crippen molar-refractivity contribution in [2.45, 2.75) is 6.92 Å². The Labute approximate surface area is 216 Å². The molecular formula is C26H19Cl2N3O5. The summed E-state index contributed by atoms with van der Waals surface area (Å²) in [7, 11) is 0. The zero-order valence-corrected chi connectivity index (χ0v) is 20.4. The number of urea groups is 1. The Kier molecular flexibility index (Phi) is 7.38. The van der Waals surface area contributed by atoms with Crippen molar-refractivity contribution in [1.29, 1.82) is 0 Å². The van der Waals surface area contributed by atoms with Crippen LogP contribution in [0, 0.1) is 6.92 Å². The molecular weight excluding hydrogens is 505 g/mol. The van der Waals surface area contributed by atoms with Crippen molar-refractivity contribution in [1.82, 2.24) is 5.32 Å². The summed E-state index contributed by atoms with van der Waals surface area (Å²) in [5.74, 6) is -1.87. The maximum Gasteiger partial charge on any atom is 0.335 e. The second-order valence-corrected chi connectivity index (χ2v) is 8.59. The number of barbiturate groups is 1. The van der Waals surface area contributed by atoms with Crippen LogP contribution in [0.1, 0.15) is 11.1 Å². The molecule has 10 heteroatoms. The Bertz CT molecular complexity index is 1420. The summed E-state index contributed by atoms with van der Waals surface area (Å²) in [6.45, 7) is 1.36. The molecule has 8 nitrogen and oxygen atoms in total. The molecule has 0 aromatic heterocycles. The highest BCUT2D eigenvalue weighted by atomic mass is 35.5. The highest BCUT2D eigenvalue weighted by molar-refractivity contribution is 6.39. The molecule has 0 unspecified atom stereocenters. The SMILES string of the molecule is Cc1ccc(Cl)cc1N1C(=O)NC(=O)/C(=C\c2ccccc2OCC(=O)Nc2ccccc2Cl)C1=O. The topological polar surface area (TPSA) is 105 Å². The van der Waals surface area contributed by atoms with Gasteiger partial charge in [0.05, 0.1) is 16.4 Å². The molecule has 2 N–H and O–H groups in total. The lowest BCUT2D eigenvalue weighted by Crippen LogP contribution is -2.54. The Balaban J connectivity index is 1.58. The molecule has 0 radical (unpaired) electrons. The monoisotopic (exact) mass is 523 g/mol. The highest BCUT2D eigenvalue weighted by Gasteiger charge is 2.37. The van der Waals surface area contributed by atoms with E-state index in [0.717, 1.165) is 4.90 Å². The highest BCUT2D eigenvalue weighted by Crippen LogP contribution is 2.29. The molecule has 0 spiro atoms. The quantitative estimate of drug-likeness (QED) is 0.350. The van der Waals surface area contributed by atoms with E-state index in [4.69, 9.17) is 27.9 Å². The van der Waals surface area contributed by atoms with Gasteiger partial charge in [0.15, 0.2) is 6.61 Å². The first-order chi connectivity index (χ1) is 17.2. The van der Waals surface area contributed by atoms with Crippen molar-refractivity contribution in [2.24, 2.45) is 0 Å². The third-order valence-electron chi connectivity index (χ3n) is 5.24. The predicted molar refractivity (Wildman–Crippen MR) is 137 cm³/mol. The van der Waals surface area contributed by atoms with Crippen molar-refractivity contribution in [3.05, 3.63) is 93.5 Å². The summed E-state index contributed by atoms with van der Waals surface area (Å²) in [6.07, 6.45) is 1.30. The van der Waals surface area contributed by atoms with Crippen LogP contribution in [0.15, 0.2) is 72.3 Å². The molecule has 0 atom stereocenters. The number of nitrogens with one attached hydrogen (secondary N) is 2.